The second-order valence-electron chi connectivity index (χ2n) is 3.99. The van der Waals surface area contributed by atoms with Crippen LogP contribution in [0.5, 0.6) is 0 Å². The molecule has 0 fully saturated rings. The van der Waals surface area contributed by atoms with E-state index in [1.165, 1.54) is 6.07 Å². The third-order valence-corrected chi connectivity index (χ3v) is 2.38. The highest BCUT2D eigenvalue weighted by molar-refractivity contribution is 5.89. The van der Waals surface area contributed by atoms with Crippen LogP contribution in [-0.4, -0.2) is 20.6 Å². The molecule has 0 unspecified atom stereocenters. The Morgan fingerprint density at radius 1 is 1.55 bits per heavy atom. The van der Waals surface area contributed by atoms with Gasteiger partial charge in [0.15, 0.2) is 0 Å². The molecule has 0 spiro atoms. The number of pyridine rings is 1. The van der Waals surface area contributed by atoms with Gasteiger partial charge in [-0.3, -0.25) is 29.6 Å². The predicted molar refractivity (Wildman–Crippen MR) is 67.2 cm³/mol. The van der Waals surface area contributed by atoms with Crippen molar-refractivity contribution in [2.45, 2.75) is 13.5 Å². The molecule has 9 nitrogen and oxygen atoms in total. The number of amides is 1. The first-order valence-corrected chi connectivity index (χ1v) is 5.54. The number of aromatic nitrogens is 2. The molecule has 0 bridgehead atoms. The fourth-order valence-electron chi connectivity index (χ4n) is 1.50. The Kier molecular flexibility index (Phi) is 3.60. The van der Waals surface area contributed by atoms with Gasteiger partial charge < -0.3 is 4.52 Å². The molecule has 0 radical (unpaired) electrons. The molecule has 104 valence electrons. The van der Waals surface area contributed by atoms with E-state index in [0.717, 1.165) is 22.9 Å². The Morgan fingerprint density at radius 3 is 2.90 bits per heavy atom. The zero-order valence-electron chi connectivity index (χ0n) is 10.4. The summed E-state index contributed by atoms with van der Waals surface area (Å²) in [4.78, 5) is 33.2. The van der Waals surface area contributed by atoms with Crippen LogP contribution in [0.25, 0.3) is 0 Å². The number of carbonyl (C=O) groups excluding carboxylic acids is 1. The first kappa shape index (κ1) is 13.5. The summed E-state index contributed by atoms with van der Waals surface area (Å²) >= 11 is 0. The van der Waals surface area contributed by atoms with Crippen LogP contribution < -0.4 is 10.9 Å². The van der Waals surface area contributed by atoms with Crippen LogP contribution in [0.2, 0.25) is 0 Å². The van der Waals surface area contributed by atoms with Gasteiger partial charge in [-0.2, -0.15) is 0 Å². The van der Waals surface area contributed by atoms with Gasteiger partial charge in [0, 0.05) is 18.2 Å². The fourth-order valence-corrected chi connectivity index (χ4v) is 1.50. The minimum absolute atomic E-state index is 0.144. The molecule has 9 heteroatoms. The van der Waals surface area contributed by atoms with Gasteiger partial charge in [-0.25, -0.2) is 0 Å². The van der Waals surface area contributed by atoms with E-state index in [4.69, 9.17) is 4.52 Å². The van der Waals surface area contributed by atoms with Gasteiger partial charge in [-0.1, -0.05) is 5.16 Å². The largest absolute Gasteiger partial charge is 0.338 e. The van der Waals surface area contributed by atoms with Gasteiger partial charge in [-0.05, 0) is 6.92 Å². The van der Waals surface area contributed by atoms with E-state index >= 15 is 0 Å². The highest BCUT2D eigenvalue weighted by atomic mass is 16.6. The van der Waals surface area contributed by atoms with Crippen LogP contribution in [-0.2, 0) is 11.3 Å². The molecular weight excluding hydrogens is 268 g/mol. The van der Waals surface area contributed by atoms with E-state index in [-0.39, 0.29) is 18.1 Å². The van der Waals surface area contributed by atoms with E-state index in [1.54, 1.807) is 6.92 Å². The molecule has 2 rings (SSSR count). The zero-order chi connectivity index (χ0) is 14.7. The van der Waals surface area contributed by atoms with E-state index in [0.29, 0.717) is 5.69 Å². The summed E-state index contributed by atoms with van der Waals surface area (Å²) in [6.07, 6.45) is 1.01. The lowest BCUT2D eigenvalue weighted by Gasteiger charge is -2.04. The number of hydrogen-bond acceptors (Lipinski definition) is 6. The highest BCUT2D eigenvalue weighted by Crippen LogP contribution is 2.09. The molecule has 0 aromatic carbocycles. The number of hydrogen-bond donors (Lipinski definition) is 1. The van der Waals surface area contributed by atoms with Gasteiger partial charge in [-0.15, -0.1) is 0 Å². The molecule has 2 aromatic heterocycles. The number of nitrogens with one attached hydrogen (secondary N) is 1. The van der Waals surface area contributed by atoms with E-state index in [9.17, 15) is 19.7 Å². The van der Waals surface area contributed by atoms with E-state index < -0.39 is 16.4 Å². The summed E-state index contributed by atoms with van der Waals surface area (Å²) in [5.41, 5.74) is -0.194. The SMILES string of the molecule is Cc1cc(NC(=O)Cn2cc([N+](=O)[O-])ccc2=O)on1. The van der Waals surface area contributed by atoms with Crippen LogP contribution in [0.1, 0.15) is 5.69 Å². The van der Waals surface area contributed by atoms with Crippen molar-refractivity contribution in [3.63, 3.8) is 0 Å². The Balaban J connectivity index is 2.13. The number of nitrogens with zero attached hydrogens (tertiary/aromatic N) is 3. The zero-order valence-corrected chi connectivity index (χ0v) is 10.4. The second-order valence-corrected chi connectivity index (χ2v) is 3.99. The summed E-state index contributed by atoms with van der Waals surface area (Å²) in [6.45, 7) is 1.32. The topological polar surface area (TPSA) is 120 Å². The molecule has 1 amide bonds. The minimum Gasteiger partial charge on any atom is -0.338 e. The molecule has 20 heavy (non-hydrogen) atoms. The van der Waals surface area contributed by atoms with Crippen LogP contribution in [0.3, 0.4) is 0 Å². The maximum atomic E-state index is 11.7. The van der Waals surface area contributed by atoms with Crippen LogP contribution in [0.15, 0.2) is 33.7 Å². The van der Waals surface area contributed by atoms with Gasteiger partial charge >= 0.3 is 0 Å². The van der Waals surface area contributed by atoms with Crippen molar-refractivity contribution in [3.8, 4) is 0 Å². The summed E-state index contributed by atoms with van der Waals surface area (Å²) in [5, 5.41) is 16.6. The number of anilines is 1. The summed E-state index contributed by atoms with van der Waals surface area (Å²) < 4.78 is 5.73. The summed E-state index contributed by atoms with van der Waals surface area (Å²) in [7, 11) is 0. The van der Waals surface area contributed by atoms with Crippen molar-refractivity contribution in [2.24, 2.45) is 0 Å². The van der Waals surface area contributed by atoms with Crippen molar-refractivity contribution >= 4 is 17.5 Å². The minimum atomic E-state index is -0.645. The molecule has 2 heterocycles. The third-order valence-electron chi connectivity index (χ3n) is 2.38. The lowest BCUT2D eigenvalue weighted by atomic mass is 10.4. The number of aryl methyl sites for hydroxylation is 1. The van der Waals surface area contributed by atoms with Crippen LogP contribution in [0, 0.1) is 17.0 Å². The van der Waals surface area contributed by atoms with Crippen molar-refractivity contribution in [2.75, 3.05) is 5.32 Å². The molecule has 0 saturated carbocycles. The van der Waals surface area contributed by atoms with Crippen LogP contribution >= 0.6 is 0 Å². The summed E-state index contributed by atoms with van der Waals surface area (Å²) in [6, 6.07) is 3.62. The van der Waals surface area contributed by atoms with Gasteiger partial charge in [0.1, 0.15) is 6.54 Å². The molecule has 0 aliphatic heterocycles. The third kappa shape index (κ3) is 3.07. The maximum absolute atomic E-state index is 11.7. The van der Waals surface area contributed by atoms with Crippen molar-refractivity contribution in [3.05, 3.63) is 50.6 Å². The molecule has 0 atom stereocenters. The molecule has 0 saturated heterocycles. The normalized spacial score (nSPS) is 10.2. The Labute approximate surface area is 112 Å². The Hall–Kier alpha value is -2.97. The van der Waals surface area contributed by atoms with Gasteiger partial charge in [0.05, 0.1) is 16.8 Å². The average Bonchev–Trinajstić information content (AvgIpc) is 2.77. The smallest absolute Gasteiger partial charge is 0.285 e. The first-order chi connectivity index (χ1) is 9.45. The van der Waals surface area contributed by atoms with E-state index in [2.05, 4.69) is 10.5 Å². The van der Waals surface area contributed by atoms with E-state index in [1.807, 2.05) is 0 Å². The monoisotopic (exact) mass is 278 g/mol. The first-order valence-electron chi connectivity index (χ1n) is 5.54. The molecule has 0 aliphatic rings. The quantitative estimate of drug-likeness (QED) is 0.648. The number of nitro groups is 1. The standard InChI is InChI=1S/C11H10N4O5/c1-7-4-10(20-13-7)12-9(16)6-14-5-8(15(18)19)2-3-11(14)17/h2-5H,6H2,1H3,(H,12,16). The number of carbonyl (C=O) groups is 1. The number of rotatable bonds is 4. The summed E-state index contributed by atoms with van der Waals surface area (Å²) in [5.74, 6) is -0.408. The molecule has 2 aromatic rings. The lowest BCUT2D eigenvalue weighted by Crippen LogP contribution is -2.26. The average molecular weight is 278 g/mol. The molecule has 1 N–H and O–H groups in total. The van der Waals surface area contributed by atoms with Gasteiger partial charge in [0.25, 0.3) is 11.2 Å². The highest BCUT2D eigenvalue weighted by Gasteiger charge is 2.12. The van der Waals surface area contributed by atoms with Crippen molar-refractivity contribution in [1.29, 1.82) is 0 Å². The molecular formula is C11H10N4O5. The molecule has 0 aliphatic carbocycles. The van der Waals surface area contributed by atoms with Crippen molar-refractivity contribution < 1.29 is 14.2 Å². The maximum Gasteiger partial charge on any atom is 0.285 e. The van der Waals surface area contributed by atoms with Crippen molar-refractivity contribution in [1.82, 2.24) is 9.72 Å². The fraction of sp³-hybridized carbons (Fsp3) is 0.182. The lowest BCUT2D eigenvalue weighted by molar-refractivity contribution is -0.385. The van der Waals surface area contributed by atoms with Crippen LogP contribution in [0.4, 0.5) is 11.6 Å². The predicted octanol–water partition coefficient (Wildman–Crippen LogP) is 0.692. The van der Waals surface area contributed by atoms with Gasteiger partial charge in [0.2, 0.25) is 11.8 Å². The Morgan fingerprint density at radius 2 is 2.30 bits per heavy atom. The second kappa shape index (κ2) is 5.34. The Bertz CT molecular complexity index is 718.